The van der Waals surface area contributed by atoms with Crippen LogP contribution in [0.1, 0.15) is 29.5 Å². The van der Waals surface area contributed by atoms with Crippen molar-refractivity contribution in [2.24, 2.45) is 0 Å². The lowest BCUT2D eigenvalue weighted by molar-refractivity contribution is -0.137. The number of nitrogens with one attached hydrogen (secondary N) is 2. The molecular weight excluding hydrogens is 616 g/mol. The van der Waals surface area contributed by atoms with Crippen molar-refractivity contribution >= 4 is 63.1 Å². The highest BCUT2D eigenvalue weighted by Crippen LogP contribution is 2.35. The number of carbonyl (C=O) groups is 3. The van der Waals surface area contributed by atoms with Crippen LogP contribution in [0.15, 0.2) is 86.6 Å². The highest BCUT2D eigenvalue weighted by atomic mass is 35.5. The van der Waals surface area contributed by atoms with Gasteiger partial charge in [-0.05, 0) is 48.2 Å². The van der Waals surface area contributed by atoms with Gasteiger partial charge in [0.05, 0.1) is 18.2 Å². The van der Waals surface area contributed by atoms with Crippen molar-refractivity contribution in [1.82, 2.24) is 10.6 Å². The number of rotatable bonds is 13. The zero-order chi connectivity index (χ0) is 31.9. The molecule has 11 heteroatoms. The second kappa shape index (κ2) is 14.5. The van der Waals surface area contributed by atoms with E-state index in [4.69, 9.17) is 25.5 Å². The molecule has 0 saturated heterocycles. The van der Waals surface area contributed by atoms with E-state index >= 15 is 0 Å². The number of carboxylic acids is 1. The summed E-state index contributed by atoms with van der Waals surface area (Å²) in [6.07, 6.45) is 1.53. The maximum Gasteiger partial charge on any atom is 0.340 e. The number of benzene rings is 3. The highest BCUT2D eigenvalue weighted by molar-refractivity contribution is 7.98. The minimum atomic E-state index is -0.952. The fourth-order valence-electron chi connectivity index (χ4n) is 5.00. The molecule has 0 aliphatic carbocycles. The lowest BCUT2D eigenvalue weighted by atomic mass is 9.99. The van der Waals surface area contributed by atoms with Gasteiger partial charge in [0.2, 0.25) is 11.8 Å². The van der Waals surface area contributed by atoms with Crippen LogP contribution in [0.4, 0.5) is 0 Å². The molecule has 0 radical (unpaired) electrons. The van der Waals surface area contributed by atoms with Crippen LogP contribution in [0.5, 0.6) is 0 Å². The van der Waals surface area contributed by atoms with Gasteiger partial charge in [0.1, 0.15) is 17.2 Å². The SMILES string of the molecule is Cc1c(CC(=O)NC(CSCc2ccccc2)C(=O)NCCCC(=O)O)c(=O)oc2cc3occ(-c4ccc(Cl)cc4)c3cc12. The maximum atomic E-state index is 13.3. The topological polar surface area (TPSA) is 139 Å². The van der Waals surface area contributed by atoms with Crippen molar-refractivity contribution < 1.29 is 28.3 Å². The quantitative estimate of drug-likeness (QED) is 0.103. The Hall–Kier alpha value is -4.54. The number of furan rings is 1. The van der Waals surface area contributed by atoms with Crippen LogP contribution in [0.2, 0.25) is 5.02 Å². The van der Waals surface area contributed by atoms with E-state index in [1.54, 1.807) is 31.4 Å². The molecule has 232 valence electrons. The number of aliphatic carboxylic acids is 1. The Morgan fingerprint density at radius 1 is 1.00 bits per heavy atom. The van der Waals surface area contributed by atoms with Crippen LogP contribution in [-0.4, -0.2) is 41.2 Å². The van der Waals surface area contributed by atoms with E-state index in [1.807, 2.05) is 48.5 Å². The molecule has 0 aliphatic heterocycles. The Bertz CT molecular complexity index is 1900. The zero-order valence-electron chi connectivity index (χ0n) is 24.4. The summed E-state index contributed by atoms with van der Waals surface area (Å²) in [7, 11) is 0. The van der Waals surface area contributed by atoms with Gasteiger partial charge in [0, 0.05) is 51.9 Å². The second-order valence-corrected chi connectivity index (χ2v) is 12.0. The van der Waals surface area contributed by atoms with Gasteiger partial charge in [-0.25, -0.2) is 4.79 Å². The monoisotopic (exact) mass is 646 g/mol. The molecule has 45 heavy (non-hydrogen) atoms. The highest BCUT2D eigenvalue weighted by Gasteiger charge is 2.23. The first-order chi connectivity index (χ1) is 21.7. The molecule has 0 saturated carbocycles. The van der Waals surface area contributed by atoms with Gasteiger partial charge >= 0.3 is 11.6 Å². The molecule has 0 aliphatic rings. The van der Waals surface area contributed by atoms with Crippen LogP contribution in [0.25, 0.3) is 33.1 Å². The van der Waals surface area contributed by atoms with Gasteiger partial charge in [0.15, 0.2) is 0 Å². The third-order valence-electron chi connectivity index (χ3n) is 7.39. The first-order valence-electron chi connectivity index (χ1n) is 14.3. The number of hydrogen-bond acceptors (Lipinski definition) is 7. The number of fused-ring (bicyclic) bond motifs is 2. The van der Waals surface area contributed by atoms with Crippen LogP contribution in [0.3, 0.4) is 0 Å². The summed E-state index contributed by atoms with van der Waals surface area (Å²) < 4.78 is 11.4. The predicted molar refractivity (Wildman–Crippen MR) is 176 cm³/mol. The van der Waals surface area contributed by atoms with Crippen molar-refractivity contribution in [2.75, 3.05) is 12.3 Å². The average molecular weight is 647 g/mol. The molecule has 3 aromatic carbocycles. The normalized spacial score (nSPS) is 11.9. The summed E-state index contributed by atoms with van der Waals surface area (Å²) in [5.41, 5.74) is 3.84. The molecule has 0 bridgehead atoms. The molecule has 0 spiro atoms. The Labute approximate surface area is 267 Å². The van der Waals surface area contributed by atoms with Gasteiger partial charge in [-0.2, -0.15) is 11.8 Å². The molecule has 2 aromatic heterocycles. The van der Waals surface area contributed by atoms with Gasteiger partial charge in [-0.1, -0.05) is 54.1 Å². The zero-order valence-corrected chi connectivity index (χ0v) is 26.0. The molecule has 5 aromatic rings. The van der Waals surface area contributed by atoms with E-state index in [-0.39, 0.29) is 37.1 Å². The van der Waals surface area contributed by atoms with Crippen molar-refractivity contribution in [2.45, 2.75) is 38.0 Å². The third kappa shape index (κ3) is 7.95. The van der Waals surface area contributed by atoms with E-state index in [1.165, 1.54) is 11.8 Å². The van der Waals surface area contributed by atoms with Crippen LogP contribution in [0, 0.1) is 6.92 Å². The summed E-state index contributed by atoms with van der Waals surface area (Å²) in [5.74, 6) is -0.974. The van der Waals surface area contributed by atoms with Crippen molar-refractivity contribution in [1.29, 1.82) is 0 Å². The first-order valence-corrected chi connectivity index (χ1v) is 15.9. The second-order valence-electron chi connectivity index (χ2n) is 10.6. The Kier molecular flexibility index (Phi) is 10.3. The number of amides is 2. The molecule has 2 heterocycles. The fourth-order valence-corrected chi connectivity index (χ4v) is 6.14. The molecule has 1 unspecified atom stereocenters. The largest absolute Gasteiger partial charge is 0.481 e. The summed E-state index contributed by atoms with van der Waals surface area (Å²) >= 11 is 7.54. The molecule has 9 nitrogen and oxygen atoms in total. The van der Waals surface area contributed by atoms with Crippen LogP contribution < -0.4 is 16.3 Å². The number of hydrogen-bond donors (Lipinski definition) is 3. The number of thioether (sulfide) groups is 1. The minimum absolute atomic E-state index is 0.0800. The molecule has 3 N–H and O–H groups in total. The van der Waals surface area contributed by atoms with E-state index in [9.17, 15) is 19.2 Å². The van der Waals surface area contributed by atoms with Crippen molar-refractivity contribution in [3.8, 4) is 11.1 Å². The molecule has 0 fully saturated rings. The predicted octanol–water partition coefficient (Wildman–Crippen LogP) is 6.11. The van der Waals surface area contributed by atoms with E-state index in [2.05, 4.69) is 10.6 Å². The summed E-state index contributed by atoms with van der Waals surface area (Å²) in [4.78, 5) is 50.2. The van der Waals surface area contributed by atoms with Gasteiger partial charge in [-0.3, -0.25) is 14.4 Å². The number of carbonyl (C=O) groups excluding carboxylic acids is 2. The van der Waals surface area contributed by atoms with Crippen LogP contribution >= 0.6 is 23.4 Å². The van der Waals surface area contributed by atoms with E-state index in [0.29, 0.717) is 32.9 Å². The fraction of sp³-hybridized carbons (Fsp3) is 0.235. The first kappa shape index (κ1) is 31.9. The third-order valence-corrected chi connectivity index (χ3v) is 8.75. The summed E-state index contributed by atoms with van der Waals surface area (Å²) in [6, 6.07) is 19.7. The molecule has 5 rings (SSSR count). The lowest BCUT2D eigenvalue weighted by Crippen LogP contribution is -2.49. The van der Waals surface area contributed by atoms with E-state index in [0.717, 1.165) is 22.1 Å². The number of aryl methyl sites for hydroxylation is 1. The average Bonchev–Trinajstić information content (AvgIpc) is 3.43. The van der Waals surface area contributed by atoms with Crippen molar-refractivity contribution in [3.05, 3.63) is 105 Å². The van der Waals surface area contributed by atoms with Gasteiger partial charge in [-0.15, -0.1) is 0 Å². The smallest absolute Gasteiger partial charge is 0.340 e. The molecular formula is C34H31ClN2O7S. The summed E-state index contributed by atoms with van der Waals surface area (Å²) in [6.45, 7) is 1.92. The molecule has 2 amide bonds. The Morgan fingerprint density at radius 2 is 1.76 bits per heavy atom. The Balaban J connectivity index is 1.35. The Morgan fingerprint density at radius 3 is 2.49 bits per heavy atom. The molecule has 1 atom stereocenters. The number of carboxylic acid groups (broad SMARTS) is 1. The van der Waals surface area contributed by atoms with E-state index < -0.39 is 29.5 Å². The van der Waals surface area contributed by atoms with Gasteiger partial charge in [0.25, 0.3) is 0 Å². The maximum absolute atomic E-state index is 13.3. The summed E-state index contributed by atoms with van der Waals surface area (Å²) in [5, 5.41) is 16.5. The number of halogens is 1. The minimum Gasteiger partial charge on any atom is -0.481 e. The lowest BCUT2D eigenvalue weighted by Gasteiger charge is -2.19. The van der Waals surface area contributed by atoms with Crippen molar-refractivity contribution in [3.63, 3.8) is 0 Å². The van der Waals surface area contributed by atoms with Gasteiger partial charge < -0.3 is 24.6 Å². The standard InChI is InChI=1S/C34H31ClN2O7S/c1-20-24-14-26-27(22-9-11-23(35)12-10-22)17-43-29(26)16-30(24)44-34(42)25(20)15-31(38)37-28(33(41)36-13-5-8-32(39)40)19-45-18-21-6-3-2-4-7-21/h2-4,6-7,9-12,14,16-17,28H,5,8,13,15,18-19H2,1H3,(H,36,41)(H,37,38)(H,39,40). The van der Waals surface area contributed by atoms with Crippen LogP contribution in [-0.2, 0) is 26.6 Å².